The molecule has 3 heterocycles. The van der Waals surface area contributed by atoms with E-state index < -0.39 is 12.0 Å². The Labute approximate surface area is 242 Å². The van der Waals surface area contributed by atoms with Crippen LogP contribution in [0.25, 0.3) is 6.08 Å². The summed E-state index contributed by atoms with van der Waals surface area (Å²) in [4.78, 5) is 33.4. The van der Waals surface area contributed by atoms with Crippen molar-refractivity contribution < 1.29 is 14.3 Å². The maximum absolute atomic E-state index is 13.9. The molecule has 0 N–H and O–H groups in total. The van der Waals surface area contributed by atoms with Gasteiger partial charge in [0.25, 0.3) is 5.56 Å². The summed E-state index contributed by atoms with van der Waals surface area (Å²) in [5, 5.41) is 1.95. The summed E-state index contributed by atoms with van der Waals surface area (Å²) in [6.07, 6.45) is 3.27. The number of ether oxygens (including phenoxy) is 2. The molecule has 0 unspecified atom stereocenters. The van der Waals surface area contributed by atoms with Crippen molar-refractivity contribution >= 4 is 50.6 Å². The summed E-state index contributed by atoms with van der Waals surface area (Å²) >= 11 is 6.38. The van der Waals surface area contributed by atoms with Crippen molar-refractivity contribution in [1.29, 1.82) is 0 Å². The smallest absolute Gasteiger partial charge is 0.338 e. The number of thiophene rings is 1. The van der Waals surface area contributed by atoms with Crippen molar-refractivity contribution in [2.75, 3.05) is 6.61 Å². The van der Waals surface area contributed by atoms with Crippen LogP contribution >= 0.6 is 38.6 Å². The van der Waals surface area contributed by atoms with E-state index in [0.29, 0.717) is 39.4 Å². The third-order valence-corrected chi connectivity index (χ3v) is 8.60. The fourth-order valence-electron chi connectivity index (χ4n) is 4.48. The molecule has 0 radical (unpaired) electrons. The van der Waals surface area contributed by atoms with Gasteiger partial charge in [0.2, 0.25) is 0 Å². The van der Waals surface area contributed by atoms with Gasteiger partial charge in [0.15, 0.2) is 4.80 Å². The Balaban J connectivity index is 1.64. The first-order chi connectivity index (χ1) is 19.0. The summed E-state index contributed by atoms with van der Waals surface area (Å²) in [6, 6.07) is 19.0. The lowest BCUT2D eigenvalue weighted by Crippen LogP contribution is -2.39. The number of thiazole rings is 1. The normalized spacial score (nSPS) is 15.2. The van der Waals surface area contributed by atoms with Gasteiger partial charge in [0.1, 0.15) is 18.4 Å². The standard InChI is InChI=1S/C30H27BrN2O4S2/c1-3-9-22-26(29(35)36-4-2)27(24-12-8-15-38-24)33-28(34)25(39-30(33)32-22)17-20-16-21(31)13-14-23(20)37-18-19-10-6-5-7-11-19/h5-8,10-17,27H,3-4,9,18H2,1-2H3/b25-17-/t27-/m1/s1. The molecule has 5 rings (SSSR count). The van der Waals surface area contributed by atoms with Gasteiger partial charge in [-0.15, -0.1) is 11.3 Å². The quantitative estimate of drug-likeness (QED) is 0.215. The van der Waals surface area contributed by atoms with E-state index in [1.807, 2.05) is 79.0 Å². The van der Waals surface area contributed by atoms with E-state index >= 15 is 0 Å². The van der Waals surface area contributed by atoms with Gasteiger partial charge in [0.05, 0.1) is 22.4 Å². The summed E-state index contributed by atoms with van der Waals surface area (Å²) in [7, 11) is 0. The average molecular weight is 624 g/mol. The van der Waals surface area contributed by atoms with Gasteiger partial charge >= 0.3 is 5.97 Å². The van der Waals surface area contributed by atoms with Crippen molar-refractivity contribution in [3.05, 3.63) is 117 Å². The first-order valence-electron chi connectivity index (χ1n) is 12.7. The van der Waals surface area contributed by atoms with Crippen LogP contribution in [0, 0.1) is 0 Å². The second kappa shape index (κ2) is 12.3. The SMILES string of the molecule is CCCC1=C(C(=O)OCC)[C@@H](c2cccs2)n2c(s/c(=C\c3cc(Br)ccc3OCc3ccccc3)c2=O)=N1. The molecule has 0 bridgehead atoms. The first-order valence-corrected chi connectivity index (χ1v) is 15.2. The monoisotopic (exact) mass is 622 g/mol. The molecule has 0 spiro atoms. The minimum Gasteiger partial charge on any atom is -0.488 e. The van der Waals surface area contributed by atoms with E-state index in [2.05, 4.69) is 15.9 Å². The third kappa shape index (κ3) is 5.85. The second-order valence-electron chi connectivity index (χ2n) is 8.89. The van der Waals surface area contributed by atoms with Gasteiger partial charge in [0, 0.05) is 14.9 Å². The van der Waals surface area contributed by atoms with Crippen LogP contribution in [0.1, 0.15) is 48.7 Å². The van der Waals surface area contributed by atoms with Crippen LogP contribution in [0.5, 0.6) is 5.75 Å². The molecule has 0 amide bonds. The van der Waals surface area contributed by atoms with E-state index in [1.165, 1.54) is 22.7 Å². The third-order valence-electron chi connectivity index (χ3n) is 6.20. The number of benzene rings is 2. The number of carbonyl (C=O) groups excluding carboxylic acids is 1. The Bertz CT molecular complexity index is 1690. The molecule has 9 heteroatoms. The summed E-state index contributed by atoms with van der Waals surface area (Å²) in [5.41, 5.74) is 2.74. The number of hydrogen-bond acceptors (Lipinski definition) is 7. The Morgan fingerprint density at radius 1 is 1.13 bits per heavy atom. The molecule has 0 saturated heterocycles. The number of hydrogen-bond donors (Lipinski definition) is 0. The van der Waals surface area contributed by atoms with Crippen molar-refractivity contribution in [2.45, 2.75) is 39.3 Å². The van der Waals surface area contributed by atoms with Gasteiger partial charge in [-0.3, -0.25) is 9.36 Å². The number of esters is 1. The summed E-state index contributed by atoms with van der Waals surface area (Å²) in [5.74, 6) is 0.238. The largest absolute Gasteiger partial charge is 0.488 e. The molecule has 0 aliphatic carbocycles. The maximum atomic E-state index is 13.9. The summed E-state index contributed by atoms with van der Waals surface area (Å²) < 4.78 is 14.6. The lowest BCUT2D eigenvalue weighted by atomic mass is 9.99. The highest BCUT2D eigenvalue weighted by Crippen LogP contribution is 2.34. The predicted octanol–water partition coefficient (Wildman–Crippen LogP) is 5.98. The fourth-order valence-corrected chi connectivity index (χ4v) is 6.69. The maximum Gasteiger partial charge on any atom is 0.338 e. The average Bonchev–Trinajstić information content (AvgIpc) is 3.57. The van der Waals surface area contributed by atoms with E-state index in [-0.39, 0.29) is 12.2 Å². The van der Waals surface area contributed by atoms with Crippen LogP contribution < -0.4 is 19.6 Å². The van der Waals surface area contributed by atoms with E-state index in [4.69, 9.17) is 14.5 Å². The molecule has 1 aliphatic heterocycles. The van der Waals surface area contributed by atoms with Gasteiger partial charge in [-0.1, -0.05) is 77.0 Å². The number of rotatable bonds is 9. The van der Waals surface area contributed by atoms with Crippen LogP contribution in [-0.2, 0) is 16.1 Å². The molecule has 0 saturated carbocycles. The fraction of sp³-hybridized carbons (Fsp3) is 0.233. The Hall–Kier alpha value is -3.27. The molecule has 200 valence electrons. The van der Waals surface area contributed by atoms with Gasteiger partial charge < -0.3 is 9.47 Å². The van der Waals surface area contributed by atoms with E-state index in [0.717, 1.165) is 26.9 Å². The van der Waals surface area contributed by atoms with Crippen LogP contribution in [0.4, 0.5) is 0 Å². The lowest BCUT2D eigenvalue weighted by Gasteiger charge is -2.24. The van der Waals surface area contributed by atoms with Gasteiger partial charge in [-0.25, -0.2) is 9.79 Å². The number of aromatic nitrogens is 1. The summed E-state index contributed by atoms with van der Waals surface area (Å²) in [6.45, 7) is 4.48. The zero-order valence-corrected chi connectivity index (χ0v) is 24.8. The van der Waals surface area contributed by atoms with Crippen molar-refractivity contribution in [2.24, 2.45) is 4.99 Å². The molecule has 6 nitrogen and oxygen atoms in total. The highest BCUT2D eigenvalue weighted by atomic mass is 79.9. The minimum atomic E-state index is -0.583. The van der Waals surface area contributed by atoms with Crippen LogP contribution in [0.15, 0.2) is 91.6 Å². The molecule has 2 aromatic carbocycles. The molecule has 39 heavy (non-hydrogen) atoms. The van der Waals surface area contributed by atoms with Crippen LogP contribution in [0.2, 0.25) is 0 Å². The number of nitrogens with zero attached hydrogens (tertiary/aromatic N) is 2. The second-order valence-corrected chi connectivity index (χ2v) is 11.8. The Morgan fingerprint density at radius 3 is 2.67 bits per heavy atom. The number of fused-ring (bicyclic) bond motifs is 1. The van der Waals surface area contributed by atoms with Gasteiger partial charge in [-0.2, -0.15) is 0 Å². The Kier molecular flexibility index (Phi) is 8.60. The molecule has 0 fully saturated rings. The molecule has 1 atom stereocenters. The highest BCUT2D eigenvalue weighted by molar-refractivity contribution is 9.10. The van der Waals surface area contributed by atoms with Gasteiger partial charge in [-0.05, 0) is 54.6 Å². The van der Waals surface area contributed by atoms with Crippen LogP contribution in [0.3, 0.4) is 0 Å². The zero-order chi connectivity index (χ0) is 27.4. The number of halogens is 1. The van der Waals surface area contributed by atoms with Crippen molar-refractivity contribution in [3.8, 4) is 5.75 Å². The minimum absolute atomic E-state index is 0.205. The van der Waals surface area contributed by atoms with Crippen LogP contribution in [-0.4, -0.2) is 17.1 Å². The first kappa shape index (κ1) is 27.3. The Morgan fingerprint density at radius 2 is 1.95 bits per heavy atom. The van der Waals surface area contributed by atoms with Crippen molar-refractivity contribution in [1.82, 2.24) is 4.57 Å². The molecule has 1 aliphatic rings. The van der Waals surface area contributed by atoms with E-state index in [1.54, 1.807) is 11.5 Å². The molecular formula is C30H27BrN2O4S2. The highest BCUT2D eigenvalue weighted by Gasteiger charge is 2.34. The zero-order valence-electron chi connectivity index (χ0n) is 21.6. The molecule has 2 aromatic heterocycles. The lowest BCUT2D eigenvalue weighted by molar-refractivity contribution is -0.139. The number of carbonyl (C=O) groups is 1. The van der Waals surface area contributed by atoms with E-state index in [9.17, 15) is 9.59 Å². The predicted molar refractivity (Wildman–Crippen MR) is 159 cm³/mol. The van der Waals surface area contributed by atoms with Crippen molar-refractivity contribution in [3.63, 3.8) is 0 Å². The molecule has 4 aromatic rings. The number of allylic oxidation sites excluding steroid dienone is 1. The topological polar surface area (TPSA) is 69.9 Å². The molecular weight excluding hydrogens is 596 g/mol.